The Hall–Kier alpha value is -2.29. The lowest BCUT2D eigenvalue weighted by atomic mass is 10.1. The number of amides is 1. The van der Waals surface area contributed by atoms with Crippen LogP contribution >= 0.6 is 0 Å². The van der Waals surface area contributed by atoms with E-state index < -0.39 is 0 Å². The number of hydrogen-bond donors (Lipinski definition) is 1. The van der Waals surface area contributed by atoms with Gasteiger partial charge in [-0.2, -0.15) is 0 Å². The van der Waals surface area contributed by atoms with E-state index in [1.165, 1.54) is 5.56 Å². The van der Waals surface area contributed by atoms with Gasteiger partial charge in [0.1, 0.15) is 5.75 Å². The first kappa shape index (κ1) is 15.1. The van der Waals surface area contributed by atoms with Gasteiger partial charge in [0.2, 0.25) is 0 Å². The number of nitrogens with one attached hydrogen (secondary N) is 1. The van der Waals surface area contributed by atoms with Crippen molar-refractivity contribution in [1.82, 2.24) is 5.32 Å². The largest absolute Gasteiger partial charge is 0.494 e. The number of hydrogen-bond acceptors (Lipinski definition) is 2. The van der Waals surface area contributed by atoms with Gasteiger partial charge in [0.15, 0.2) is 0 Å². The first-order valence-electron chi connectivity index (χ1n) is 7.19. The molecule has 2 aromatic carbocycles. The number of aryl methyl sites for hydroxylation is 2. The highest BCUT2D eigenvalue weighted by Gasteiger charge is 2.04. The fourth-order valence-corrected chi connectivity index (χ4v) is 2.06. The molecule has 0 saturated carbocycles. The van der Waals surface area contributed by atoms with E-state index in [4.69, 9.17) is 4.74 Å². The van der Waals surface area contributed by atoms with Crippen LogP contribution in [0.5, 0.6) is 5.75 Å². The molecule has 110 valence electrons. The number of rotatable bonds is 6. The van der Waals surface area contributed by atoms with E-state index in [9.17, 15) is 4.79 Å². The second kappa shape index (κ2) is 7.48. The van der Waals surface area contributed by atoms with Crippen molar-refractivity contribution in [2.24, 2.45) is 0 Å². The monoisotopic (exact) mass is 283 g/mol. The lowest BCUT2D eigenvalue weighted by Crippen LogP contribution is -2.25. The Balaban J connectivity index is 1.69. The molecule has 0 spiro atoms. The zero-order valence-electron chi connectivity index (χ0n) is 12.6. The van der Waals surface area contributed by atoms with Gasteiger partial charge in [0.25, 0.3) is 5.91 Å². The van der Waals surface area contributed by atoms with Gasteiger partial charge < -0.3 is 10.1 Å². The fraction of sp³-hybridized carbons (Fsp3) is 0.278. The average Bonchev–Trinajstić information content (AvgIpc) is 2.47. The molecule has 0 bridgehead atoms. The van der Waals surface area contributed by atoms with Crippen molar-refractivity contribution in [2.75, 3.05) is 13.2 Å². The topological polar surface area (TPSA) is 38.3 Å². The lowest BCUT2D eigenvalue weighted by Gasteiger charge is -2.08. The van der Waals surface area contributed by atoms with Crippen LogP contribution in [-0.4, -0.2) is 19.1 Å². The summed E-state index contributed by atoms with van der Waals surface area (Å²) in [7, 11) is 0. The summed E-state index contributed by atoms with van der Waals surface area (Å²) < 4.78 is 5.64. The van der Waals surface area contributed by atoms with Crippen molar-refractivity contribution in [3.8, 4) is 5.75 Å². The molecule has 0 aliphatic rings. The molecule has 21 heavy (non-hydrogen) atoms. The van der Waals surface area contributed by atoms with Crippen LogP contribution in [0.3, 0.4) is 0 Å². The predicted octanol–water partition coefficient (Wildman–Crippen LogP) is 3.50. The fourth-order valence-electron chi connectivity index (χ4n) is 2.06. The van der Waals surface area contributed by atoms with Crippen LogP contribution in [0.4, 0.5) is 0 Å². The van der Waals surface area contributed by atoms with Gasteiger partial charge >= 0.3 is 0 Å². The highest BCUT2D eigenvalue weighted by molar-refractivity contribution is 5.94. The Kier molecular flexibility index (Phi) is 5.38. The molecule has 1 amide bonds. The number of ether oxygens (including phenoxy) is 1. The summed E-state index contributed by atoms with van der Waals surface area (Å²) >= 11 is 0. The Bertz CT molecular complexity index is 608. The van der Waals surface area contributed by atoms with E-state index >= 15 is 0 Å². The minimum atomic E-state index is -0.0331. The maximum atomic E-state index is 11.9. The van der Waals surface area contributed by atoms with Crippen molar-refractivity contribution in [2.45, 2.75) is 20.3 Å². The second-order valence-electron chi connectivity index (χ2n) is 5.14. The molecule has 1 N–H and O–H groups in total. The first-order valence-corrected chi connectivity index (χ1v) is 7.19. The Morgan fingerprint density at radius 2 is 1.76 bits per heavy atom. The zero-order valence-corrected chi connectivity index (χ0v) is 12.6. The highest BCUT2D eigenvalue weighted by atomic mass is 16.5. The normalized spacial score (nSPS) is 10.2. The SMILES string of the molecule is Cc1cccc(OCCCNC(=O)c2cccc(C)c2)c1. The van der Waals surface area contributed by atoms with Crippen LogP contribution in [0.2, 0.25) is 0 Å². The molecule has 0 aliphatic carbocycles. The van der Waals surface area contributed by atoms with Crippen LogP contribution in [0.1, 0.15) is 27.9 Å². The third-order valence-electron chi connectivity index (χ3n) is 3.15. The molecule has 3 heteroatoms. The van der Waals surface area contributed by atoms with Gasteiger partial charge in [0, 0.05) is 12.1 Å². The van der Waals surface area contributed by atoms with E-state index in [1.807, 2.05) is 62.4 Å². The zero-order chi connectivity index (χ0) is 15.1. The maximum absolute atomic E-state index is 11.9. The molecule has 0 atom stereocenters. The van der Waals surface area contributed by atoms with E-state index in [2.05, 4.69) is 5.32 Å². The van der Waals surface area contributed by atoms with E-state index in [1.54, 1.807) is 0 Å². The van der Waals surface area contributed by atoms with Gasteiger partial charge in [0.05, 0.1) is 6.61 Å². The van der Waals surface area contributed by atoms with Gasteiger partial charge in [-0.3, -0.25) is 4.79 Å². The molecule has 2 aromatic rings. The van der Waals surface area contributed by atoms with Crippen LogP contribution in [0, 0.1) is 13.8 Å². The summed E-state index contributed by atoms with van der Waals surface area (Å²) in [6.45, 7) is 5.22. The maximum Gasteiger partial charge on any atom is 0.251 e. The summed E-state index contributed by atoms with van der Waals surface area (Å²) in [5.74, 6) is 0.842. The van der Waals surface area contributed by atoms with Gasteiger partial charge in [-0.15, -0.1) is 0 Å². The van der Waals surface area contributed by atoms with E-state index in [-0.39, 0.29) is 5.91 Å². The molecule has 0 fully saturated rings. The molecule has 0 aromatic heterocycles. The first-order chi connectivity index (χ1) is 10.1. The molecular formula is C18H21NO2. The van der Waals surface area contributed by atoms with Crippen LogP contribution in [0.25, 0.3) is 0 Å². The van der Waals surface area contributed by atoms with Crippen molar-refractivity contribution in [3.05, 3.63) is 65.2 Å². The Morgan fingerprint density at radius 1 is 1.05 bits per heavy atom. The van der Waals surface area contributed by atoms with E-state index in [0.717, 1.165) is 17.7 Å². The number of carbonyl (C=O) groups excluding carboxylic acids is 1. The molecule has 0 heterocycles. The molecule has 3 nitrogen and oxygen atoms in total. The smallest absolute Gasteiger partial charge is 0.251 e. The second-order valence-corrected chi connectivity index (χ2v) is 5.14. The average molecular weight is 283 g/mol. The number of carbonyl (C=O) groups is 1. The van der Waals surface area contributed by atoms with Crippen LogP contribution in [0.15, 0.2) is 48.5 Å². The van der Waals surface area contributed by atoms with Crippen molar-refractivity contribution in [1.29, 1.82) is 0 Å². The van der Waals surface area contributed by atoms with Crippen LogP contribution in [-0.2, 0) is 0 Å². The minimum absolute atomic E-state index is 0.0331. The molecule has 0 unspecified atom stereocenters. The summed E-state index contributed by atoms with van der Waals surface area (Å²) in [5.41, 5.74) is 2.97. The van der Waals surface area contributed by atoms with Crippen LogP contribution < -0.4 is 10.1 Å². The summed E-state index contributed by atoms with van der Waals surface area (Å²) in [6.07, 6.45) is 0.783. The van der Waals surface area contributed by atoms with Gasteiger partial charge in [-0.05, 0) is 50.1 Å². The molecule has 0 radical (unpaired) electrons. The Labute approximate surface area is 126 Å². The predicted molar refractivity (Wildman–Crippen MR) is 84.8 cm³/mol. The summed E-state index contributed by atoms with van der Waals surface area (Å²) in [6, 6.07) is 15.5. The molecule has 0 aliphatic heterocycles. The highest BCUT2D eigenvalue weighted by Crippen LogP contribution is 2.12. The lowest BCUT2D eigenvalue weighted by molar-refractivity contribution is 0.0951. The summed E-state index contributed by atoms with van der Waals surface area (Å²) in [5, 5.41) is 2.90. The van der Waals surface area contributed by atoms with Crippen molar-refractivity contribution < 1.29 is 9.53 Å². The Morgan fingerprint density at radius 3 is 2.48 bits per heavy atom. The third kappa shape index (κ3) is 4.95. The summed E-state index contributed by atoms with van der Waals surface area (Å²) in [4.78, 5) is 11.9. The van der Waals surface area contributed by atoms with E-state index in [0.29, 0.717) is 18.7 Å². The molecular weight excluding hydrogens is 262 g/mol. The van der Waals surface area contributed by atoms with Crippen molar-refractivity contribution >= 4 is 5.91 Å². The molecule has 0 saturated heterocycles. The number of benzene rings is 2. The van der Waals surface area contributed by atoms with Gasteiger partial charge in [-0.25, -0.2) is 0 Å². The van der Waals surface area contributed by atoms with Gasteiger partial charge in [-0.1, -0.05) is 29.8 Å². The molecule has 2 rings (SSSR count). The third-order valence-corrected chi connectivity index (χ3v) is 3.15. The van der Waals surface area contributed by atoms with Crippen molar-refractivity contribution in [3.63, 3.8) is 0 Å². The standard InChI is InChI=1S/C18H21NO2/c1-14-6-3-8-16(12-14)18(20)19-10-5-11-21-17-9-4-7-15(2)13-17/h3-4,6-9,12-13H,5,10-11H2,1-2H3,(H,19,20). The minimum Gasteiger partial charge on any atom is -0.494 e. The quantitative estimate of drug-likeness (QED) is 0.824.